The van der Waals surface area contributed by atoms with Crippen molar-refractivity contribution in [3.05, 3.63) is 47.6 Å². The lowest BCUT2D eigenvalue weighted by molar-refractivity contribution is 0.0925. The van der Waals surface area contributed by atoms with Crippen LogP contribution in [0.15, 0.2) is 40.6 Å². The van der Waals surface area contributed by atoms with Crippen LogP contribution in [0.2, 0.25) is 0 Å². The molecule has 0 aliphatic carbocycles. The summed E-state index contributed by atoms with van der Waals surface area (Å²) in [5.74, 6) is 0.670. The first-order chi connectivity index (χ1) is 12.6. The molecule has 0 aliphatic heterocycles. The van der Waals surface area contributed by atoms with Crippen molar-refractivity contribution in [1.82, 2.24) is 25.0 Å². The van der Waals surface area contributed by atoms with E-state index in [2.05, 4.69) is 34.1 Å². The van der Waals surface area contributed by atoms with Gasteiger partial charge in [-0.15, -0.1) is 11.3 Å². The van der Waals surface area contributed by atoms with Crippen molar-refractivity contribution in [2.24, 2.45) is 7.05 Å². The summed E-state index contributed by atoms with van der Waals surface area (Å²) >= 11 is 1.44. The number of nitrogens with zero attached hydrogens (tertiary/aromatic N) is 4. The molecule has 8 heteroatoms. The fourth-order valence-electron chi connectivity index (χ4n) is 2.88. The highest BCUT2D eigenvalue weighted by Gasteiger charge is 2.22. The lowest BCUT2D eigenvalue weighted by Crippen LogP contribution is -2.38. The summed E-state index contributed by atoms with van der Waals surface area (Å²) in [6.45, 7) is 6.41. The molecule has 7 nitrogen and oxygen atoms in total. The number of hydrogen-bond acceptors (Lipinski definition) is 6. The standard InChI is InChI=1S/C18H23N5O2S/c1-4-23(5-2)15(16-7-6-8-25-16)10-19-17(24)14-12-26-18(21-14)13-9-20-22(3)11-13/h6-9,11-12,15H,4-5,10H2,1-3H3,(H,19,24)/t15-/m0/s1. The molecule has 1 N–H and O–H groups in total. The summed E-state index contributed by atoms with van der Waals surface area (Å²) in [6.07, 6.45) is 5.29. The zero-order chi connectivity index (χ0) is 18.5. The Hall–Kier alpha value is -2.45. The molecule has 0 aromatic carbocycles. The van der Waals surface area contributed by atoms with Crippen LogP contribution in [-0.2, 0) is 7.05 Å². The van der Waals surface area contributed by atoms with E-state index in [9.17, 15) is 4.79 Å². The fraction of sp³-hybridized carbons (Fsp3) is 0.389. The number of likely N-dealkylation sites (N-methyl/N-ethyl adjacent to an activating group) is 1. The van der Waals surface area contributed by atoms with Gasteiger partial charge in [-0.3, -0.25) is 14.4 Å². The molecule has 3 heterocycles. The van der Waals surface area contributed by atoms with Crippen molar-refractivity contribution >= 4 is 17.2 Å². The topological polar surface area (TPSA) is 76.2 Å². The highest BCUT2D eigenvalue weighted by atomic mass is 32.1. The molecule has 0 saturated carbocycles. The minimum Gasteiger partial charge on any atom is -0.468 e. The number of aryl methyl sites for hydroxylation is 1. The van der Waals surface area contributed by atoms with E-state index < -0.39 is 0 Å². The summed E-state index contributed by atoms with van der Waals surface area (Å²) < 4.78 is 7.28. The smallest absolute Gasteiger partial charge is 0.270 e. The van der Waals surface area contributed by atoms with Crippen molar-refractivity contribution in [1.29, 1.82) is 0 Å². The zero-order valence-electron chi connectivity index (χ0n) is 15.2. The van der Waals surface area contributed by atoms with Crippen LogP contribution >= 0.6 is 11.3 Å². The number of hydrogen-bond donors (Lipinski definition) is 1. The first-order valence-corrected chi connectivity index (χ1v) is 9.50. The van der Waals surface area contributed by atoms with E-state index in [0.717, 1.165) is 29.4 Å². The summed E-state index contributed by atoms with van der Waals surface area (Å²) in [4.78, 5) is 19.2. The molecule has 138 valence electrons. The van der Waals surface area contributed by atoms with Crippen molar-refractivity contribution in [2.45, 2.75) is 19.9 Å². The van der Waals surface area contributed by atoms with E-state index in [-0.39, 0.29) is 11.9 Å². The predicted octanol–water partition coefficient (Wildman–Crippen LogP) is 2.95. The van der Waals surface area contributed by atoms with Gasteiger partial charge in [0.25, 0.3) is 5.91 Å². The molecule has 0 spiro atoms. The van der Waals surface area contributed by atoms with Crippen molar-refractivity contribution in [3.63, 3.8) is 0 Å². The Labute approximate surface area is 156 Å². The second-order valence-electron chi connectivity index (χ2n) is 5.90. The number of nitrogens with one attached hydrogen (secondary N) is 1. The highest BCUT2D eigenvalue weighted by Crippen LogP contribution is 2.23. The van der Waals surface area contributed by atoms with Crippen LogP contribution in [-0.4, -0.2) is 45.2 Å². The molecule has 26 heavy (non-hydrogen) atoms. The zero-order valence-corrected chi connectivity index (χ0v) is 16.0. The van der Waals surface area contributed by atoms with E-state index in [1.807, 2.05) is 25.4 Å². The highest BCUT2D eigenvalue weighted by molar-refractivity contribution is 7.13. The van der Waals surface area contributed by atoms with Crippen molar-refractivity contribution in [3.8, 4) is 10.6 Å². The number of carbonyl (C=O) groups is 1. The quantitative estimate of drug-likeness (QED) is 0.657. The largest absolute Gasteiger partial charge is 0.468 e. The van der Waals surface area contributed by atoms with Gasteiger partial charge in [-0.1, -0.05) is 13.8 Å². The number of carbonyl (C=O) groups excluding carboxylic acids is 1. The molecule has 1 amide bonds. The summed E-state index contributed by atoms with van der Waals surface area (Å²) in [7, 11) is 1.85. The monoisotopic (exact) mass is 373 g/mol. The maximum Gasteiger partial charge on any atom is 0.270 e. The lowest BCUT2D eigenvalue weighted by Gasteiger charge is -2.28. The third kappa shape index (κ3) is 4.03. The molecular formula is C18H23N5O2S. The maximum absolute atomic E-state index is 12.5. The molecule has 3 aromatic rings. The third-order valence-electron chi connectivity index (χ3n) is 4.27. The van der Waals surface area contributed by atoms with E-state index >= 15 is 0 Å². The van der Waals surface area contributed by atoms with Gasteiger partial charge in [-0.2, -0.15) is 5.10 Å². The van der Waals surface area contributed by atoms with Crippen LogP contribution in [0.25, 0.3) is 10.6 Å². The van der Waals surface area contributed by atoms with Gasteiger partial charge in [0, 0.05) is 30.7 Å². The second kappa shape index (κ2) is 8.29. The van der Waals surface area contributed by atoms with Crippen LogP contribution < -0.4 is 5.32 Å². The first-order valence-electron chi connectivity index (χ1n) is 8.62. The Morgan fingerprint density at radius 1 is 1.42 bits per heavy atom. The molecule has 3 aromatic heterocycles. The van der Waals surface area contributed by atoms with Gasteiger partial charge >= 0.3 is 0 Å². The molecule has 0 bridgehead atoms. The first kappa shape index (κ1) is 18.3. The van der Waals surface area contributed by atoms with Gasteiger partial charge in [-0.25, -0.2) is 4.98 Å². The number of thiazole rings is 1. The summed E-state index contributed by atoms with van der Waals surface area (Å²) in [5, 5.41) is 9.69. The van der Waals surface area contributed by atoms with E-state index in [0.29, 0.717) is 12.2 Å². The molecule has 0 saturated heterocycles. The van der Waals surface area contributed by atoms with E-state index in [4.69, 9.17) is 4.42 Å². The summed E-state index contributed by atoms with van der Waals surface area (Å²) in [5.41, 5.74) is 1.33. The number of aromatic nitrogens is 3. The number of furan rings is 1. The van der Waals surface area contributed by atoms with Gasteiger partial charge in [0.2, 0.25) is 0 Å². The molecule has 0 aliphatic rings. The van der Waals surface area contributed by atoms with Crippen molar-refractivity contribution < 1.29 is 9.21 Å². The predicted molar refractivity (Wildman–Crippen MR) is 101 cm³/mol. The molecule has 0 radical (unpaired) electrons. The summed E-state index contributed by atoms with van der Waals surface area (Å²) in [6, 6.07) is 3.81. The Balaban J connectivity index is 1.68. The van der Waals surface area contributed by atoms with Gasteiger partial charge in [0.1, 0.15) is 16.5 Å². The molecule has 3 rings (SSSR count). The second-order valence-corrected chi connectivity index (χ2v) is 6.76. The minimum absolute atomic E-state index is 0.000351. The van der Waals surface area contributed by atoms with Crippen LogP contribution in [0, 0.1) is 0 Å². The molecule has 0 unspecified atom stereocenters. The lowest BCUT2D eigenvalue weighted by atomic mass is 10.2. The van der Waals surface area contributed by atoms with Gasteiger partial charge in [0.05, 0.1) is 18.5 Å². The van der Waals surface area contributed by atoms with Crippen LogP contribution in [0.5, 0.6) is 0 Å². The number of rotatable bonds is 8. The number of amides is 1. The minimum atomic E-state index is -0.180. The Morgan fingerprint density at radius 3 is 2.85 bits per heavy atom. The molecule has 0 fully saturated rings. The maximum atomic E-state index is 12.5. The third-order valence-corrected chi connectivity index (χ3v) is 5.16. The van der Waals surface area contributed by atoms with Crippen LogP contribution in [0.1, 0.15) is 36.1 Å². The van der Waals surface area contributed by atoms with Crippen molar-refractivity contribution in [2.75, 3.05) is 19.6 Å². The average molecular weight is 373 g/mol. The fourth-order valence-corrected chi connectivity index (χ4v) is 3.65. The van der Waals surface area contributed by atoms with Crippen LogP contribution in [0.4, 0.5) is 0 Å². The van der Waals surface area contributed by atoms with Gasteiger partial charge in [-0.05, 0) is 25.2 Å². The van der Waals surface area contributed by atoms with Gasteiger partial charge < -0.3 is 9.73 Å². The van der Waals surface area contributed by atoms with Gasteiger partial charge in [0.15, 0.2) is 0 Å². The Kier molecular flexibility index (Phi) is 5.85. The molecule has 1 atom stereocenters. The SMILES string of the molecule is CCN(CC)[C@@H](CNC(=O)c1csc(-c2cnn(C)c2)n1)c1ccco1. The molecular weight excluding hydrogens is 350 g/mol. The average Bonchev–Trinajstić information content (AvgIpc) is 3.38. The Bertz CT molecular complexity index is 836. The Morgan fingerprint density at radius 2 is 2.23 bits per heavy atom. The normalized spacial score (nSPS) is 12.5. The van der Waals surface area contributed by atoms with E-state index in [1.165, 1.54) is 11.3 Å². The van der Waals surface area contributed by atoms with E-state index in [1.54, 1.807) is 22.5 Å². The van der Waals surface area contributed by atoms with Crippen LogP contribution in [0.3, 0.4) is 0 Å².